The molecular formula is C20H42O2. The molecule has 0 heterocycles. The Hall–Kier alpha value is -0.0800. The summed E-state index contributed by atoms with van der Waals surface area (Å²) in [6.07, 6.45) is 4.51. The molecule has 0 aliphatic rings. The fourth-order valence-electron chi connectivity index (χ4n) is 2.98. The first kappa shape index (κ1) is 21.9. The van der Waals surface area contributed by atoms with Crippen LogP contribution in [0.5, 0.6) is 0 Å². The van der Waals surface area contributed by atoms with E-state index in [0.717, 1.165) is 38.9 Å². The van der Waals surface area contributed by atoms with Crippen molar-refractivity contribution in [2.75, 3.05) is 13.2 Å². The predicted molar refractivity (Wildman–Crippen MR) is 97.4 cm³/mol. The van der Waals surface area contributed by atoms with Crippen LogP contribution in [-0.2, 0) is 9.47 Å². The number of ether oxygens (including phenoxy) is 2. The molecule has 0 aromatic rings. The molecule has 0 bridgehead atoms. The smallest absolute Gasteiger partial charge is 0.0993 e. The van der Waals surface area contributed by atoms with Crippen LogP contribution in [0.15, 0.2) is 0 Å². The Balaban J connectivity index is 5.64. The zero-order valence-electron chi connectivity index (χ0n) is 17.1. The molecule has 0 aromatic carbocycles. The van der Waals surface area contributed by atoms with Gasteiger partial charge in [-0.25, -0.2) is 0 Å². The third-order valence-electron chi connectivity index (χ3n) is 5.55. The molecule has 2 heteroatoms. The molecule has 2 nitrogen and oxygen atoms in total. The van der Waals surface area contributed by atoms with Crippen molar-refractivity contribution in [3.63, 3.8) is 0 Å². The molecule has 0 spiro atoms. The highest BCUT2D eigenvalue weighted by Gasteiger charge is 2.59. The summed E-state index contributed by atoms with van der Waals surface area (Å²) in [6, 6.07) is 0. The molecule has 22 heavy (non-hydrogen) atoms. The molecule has 2 atom stereocenters. The zero-order chi connectivity index (χ0) is 17.7. The molecule has 0 saturated carbocycles. The Morgan fingerprint density at radius 3 is 1.00 bits per heavy atom. The first-order valence-electron chi connectivity index (χ1n) is 9.15. The normalized spacial score (nSPS) is 18.8. The summed E-state index contributed by atoms with van der Waals surface area (Å²) in [4.78, 5) is 0. The molecule has 0 amide bonds. The van der Waals surface area contributed by atoms with Crippen LogP contribution in [0.1, 0.15) is 94.9 Å². The lowest BCUT2D eigenvalue weighted by molar-refractivity contribution is -0.271. The van der Waals surface area contributed by atoms with Crippen LogP contribution in [-0.4, -0.2) is 24.4 Å². The van der Waals surface area contributed by atoms with E-state index in [1.54, 1.807) is 0 Å². The monoisotopic (exact) mass is 314 g/mol. The molecule has 0 aromatic heterocycles. The molecule has 0 aliphatic carbocycles. The van der Waals surface area contributed by atoms with Gasteiger partial charge in [-0.1, -0.05) is 68.2 Å². The molecule has 0 saturated heterocycles. The fourth-order valence-corrected chi connectivity index (χ4v) is 2.98. The summed E-state index contributed by atoms with van der Waals surface area (Å²) in [5, 5.41) is 0. The predicted octanol–water partition coefficient (Wildman–Crippen LogP) is 6.23. The van der Waals surface area contributed by atoms with Crippen molar-refractivity contribution in [3.05, 3.63) is 0 Å². The van der Waals surface area contributed by atoms with Crippen LogP contribution in [0.4, 0.5) is 0 Å². The van der Waals surface area contributed by atoms with Gasteiger partial charge in [0, 0.05) is 13.2 Å². The Labute approximate surface area is 140 Å². The van der Waals surface area contributed by atoms with Gasteiger partial charge >= 0.3 is 0 Å². The minimum absolute atomic E-state index is 0.00497. The number of hydrogen-bond acceptors (Lipinski definition) is 2. The number of unbranched alkanes of at least 4 members (excludes halogenated alkanes) is 2. The summed E-state index contributed by atoms with van der Waals surface area (Å²) >= 11 is 0. The van der Waals surface area contributed by atoms with Crippen molar-refractivity contribution >= 4 is 0 Å². The van der Waals surface area contributed by atoms with Crippen LogP contribution in [0.2, 0.25) is 0 Å². The summed E-state index contributed by atoms with van der Waals surface area (Å²) in [5.41, 5.74) is -0.702. The maximum absolute atomic E-state index is 6.53. The fraction of sp³-hybridized carbons (Fsp3) is 1.00. The van der Waals surface area contributed by atoms with E-state index in [1.807, 2.05) is 0 Å². The topological polar surface area (TPSA) is 18.5 Å². The summed E-state index contributed by atoms with van der Waals surface area (Å²) in [5.74, 6) is 0. The van der Waals surface area contributed by atoms with Gasteiger partial charge in [-0.15, -0.1) is 0 Å². The van der Waals surface area contributed by atoms with E-state index in [4.69, 9.17) is 9.47 Å². The van der Waals surface area contributed by atoms with Gasteiger partial charge in [0.25, 0.3) is 0 Å². The molecule has 0 N–H and O–H groups in total. The van der Waals surface area contributed by atoms with E-state index in [1.165, 1.54) is 0 Å². The second-order valence-electron chi connectivity index (χ2n) is 8.97. The number of hydrogen-bond donors (Lipinski definition) is 0. The second kappa shape index (κ2) is 8.15. The molecule has 2 unspecified atom stereocenters. The highest BCUT2D eigenvalue weighted by Crippen LogP contribution is 2.51. The van der Waals surface area contributed by atoms with Crippen LogP contribution in [0.25, 0.3) is 0 Å². The highest BCUT2D eigenvalue weighted by molar-refractivity contribution is 5.09. The molecular weight excluding hydrogens is 272 g/mol. The first-order valence-corrected chi connectivity index (χ1v) is 9.15. The van der Waals surface area contributed by atoms with Gasteiger partial charge in [0.05, 0.1) is 11.2 Å². The van der Waals surface area contributed by atoms with E-state index < -0.39 is 0 Å². The van der Waals surface area contributed by atoms with E-state index in [9.17, 15) is 0 Å². The molecule has 0 radical (unpaired) electrons. The van der Waals surface area contributed by atoms with Gasteiger partial charge in [-0.05, 0) is 37.5 Å². The van der Waals surface area contributed by atoms with Crippen LogP contribution < -0.4 is 0 Å². The molecule has 0 aliphatic heterocycles. The minimum atomic E-state index is -0.346. The maximum atomic E-state index is 6.53. The second-order valence-corrected chi connectivity index (χ2v) is 8.97. The lowest BCUT2D eigenvalue weighted by Gasteiger charge is -2.58. The molecule has 0 rings (SSSR count). The highest BCUT2D eigenvalue weighted by atomic mass is 16.6. The van der Waals surface area contributed by atoms with Crippen molar-refractivity contribution in [1.82, 2.24) is 0 Å². The van der Waals surface area contributed by atoms with E-state index in [0.29, 0.717) is 0 Å². The quantitative estimate of drug-likeness (QED) is 0.470. The Kier molecular flexibility index (Phi) is 8.12. The largest absolute Gasteiger partial charge is 0.372 e. The average molecular weight is 315 g/mol. The van der Waals surface area contributed by atoms with Crippen molar-refractivity contribution in [2.45, 2.75) is 106 Å². The minimum Gasteiger partial charge on any atom is -0.372 e. The van der Waals surface area contributed by atoms with E-state index >= 15 is 0 Å². The van der Waals surface area contributed by atoms with Gasteiger partial charge in [-0.3, -0.25) is 0 Å². The zero-order valence-corrected chi connectivity index (χ0v) is 17.1. The standard InChI is InChI=1S/C20H42O2/c1-11-13-15-21-19(9,17(3,4)5)20(10,18(6,7)8)22-16-14-12-2/h11-16H2,1-10H3. The lowest BCUT2D eigenvalue weighted by atomic mass is 9.59. The Morgan fingerprint density at radius 2 is 0.818 bits per heavy atom. The van der Waals surface area contributed by atoms with Crippen molar-refractivity contribution in [3.8, 4) is 0 Å². The van der Waals surface area contributed by atoms with E-state index in [2.05, 4.69) is 69.2 Å². The summed E-state index contributed by atoms with van der Waals surface area (Å²) < 4.78 is 13.1. The van der Waals surface area contributed by atoms with Crippen molar-refractivity contribution < 1.29 is 9.47 Å². The maximum Gasteiger partial charge on any atom is 0.0993 e. The van der Waals surface area contributed by atoms with Crippen molar-refractivity contribution in [1.29, 1.82) is 0 Å². The van der Waals surface area contributed by atoms with Crippen molar-refractivity contribution in [2.24, 2.45) is 10.8 Å². The van der Waals surface area contributed by atoms with E-state index in [-0.39, 0.29) is 22.0 Å². The molecule has 134 valence electrons. The summed E-state index contributed by atoms with van der Waals surface area (Å²) in [6.45, 7) is 24.1. The average Bonchev–Trinajstić information content (AvgIpc) is 2.36. The lowest BCUT2D eigenvalue weighted by Crippen LogP contribution is -2.66. The third kappa shape index (κ3) is 4.71. The van der Waals surface area contributed by atoms with Gasteiger partial charge in [-0.2, -0.15) is 0 Å². The van der Waals surface area contributed by atoms with Crippen LogP contribution in [0.3, 0.4) is 0 Å². The third-order valence-corrected chi connectivity index (χ3v) is 5.55. The number of rotatable bonds is 9. The molecule has 0 fully saturated rings. The Bertz CT molecular complexity index is 279. The summed E-state index contributed by atoms with van der Waals surface area (Å²) in [7, 11) is 0. The van der Waals surface area contributed by atoms with Gasteiger partial charge < -0.3 is 9.47 Å². The first-order chi connectivity index (χ1) is 9.87. The van der Waals surface area contributed by atoms with Gasteiger partial charge in [0.2, 0.25) is 0 Å². The van der Waals surface area contributed by atoms with Gasteiger partial charge in [0.15, 0.2) is 0 Å². The van der Waals surface area contributed by atoms with Crippen LogP contribution in [0, 0.1) is 10.8 Å². The SMILES string of the molecule is CCCCOC(C)(C(C)(C)C)C(C)(OCCCC)C(C)(C)C. The van der Waals surface area contributed by atoms with Crippen LogP contribution >= 0.6 is 0 Å². The van der Waals surface area contributed by atoms with Gasteiger partial charge in [0.1, 0.15) is 0 Å². The Morgan fingerprint density at radius 1 is 0.545 bits per heavy atom.